The van der Waals surface area contributed by atoms with Crippen LogP contribution in [-0.2, 0) is 9.59 Å². The molecule has 1 amide bonds. The van der Waals surface area contributed by atoms with Crippen LogP contribution in [0.2, 0.25) is 0 Å². The first-order valence-electron chi connectivity index (χ1n) is 6.20. The summed E-state index contributed by atoms with van der Waals surface area (Å²) in [4.78, 5) is 24.5. The highest BCUT2D eigenvalue weighted by atomic mass is 16.4. The predicted octanol–water partition coefficient (Wildman–Crippen LogP) is 2.28. The molecule has 1 unspecified atom stereocenters. The topological polar surface area (TPSA) is 57.6 Å². The Balaban J connectivity index is 1.97. The molecular weight excluding hydrogens is 242 g/mol. The minimum atomic E-state index is -1.03. The van der Waals surface area contributed by atoms with Crippen molar-refractivity contribution in [3.05, 3.63) is 42.5 Å². The fourth-order valence-electron chi connectivity index (χ4n) is 2.51. The lowest BCUT2D eigenvalue weighted by atomic mass is 10.1. The first-order chi connectivity index (χ1) is 9.16. The zero-order chi connectivity index (χ0) is 13.4. The molecule has 3 rings (SSSR count). The summed E-state index contributed by atoms with van der Waals surface area (Å²) in [7, 11) is 0. The Hall–Kier alpha value is -2.36. The summed E-state index contributed by atoms with van der Waals surface area (Å²) in [6.07, 6.45) is 0.376. The minimum absolute atomic E-state index is 0.317. The summed E-state index contributed by atoms with van der Waals surface area (Å²) in [6.45, 7) is 0.466. The van der Waals surface area contributed by atoms with E-state index < -0.39 is 11.9 Å². The van der Waals surface area contributed by atoms with Crippen LogP contribution in [0.1, 0.15) is 6.42 Å². The monoisotopic (exact) mass is 255 g/mol. The highest BCUT2D eigenvalue weighted by Crippen LogP contribution is 2.28. The maximum atomic E-state index is 12.0. The lowest BCUT2D eigenvalue weighted by Crippen LogP contribution is -2.30. The number of carboxylic acids is 1. The van der Waals surface area contributed by atoms with E-state index in [1.807, 2.05) is 42.5 Å². The SMILES string of the molecule is O=C(O)C1CCN(c2ccc3ccccc3c2)C1=O. The quantitative estimate of drug-likeness (QED) is 0.837. The maximum absolute atomic E-state index is 12.0. The molecule has 1 heterocycles. The molecule has 2 aromatic carbocycles. The molecule has 4 heteroatoms. The molecule has 1 N–H and O–H groups in total. The van der Waals surface area contributed by atoms with Crippen molar-refractivity contribution in [2.24, 2.45) is 5.92 Å². The van der Waals surface area contributed by atoms with E-state index in [4.69, 9.17) is 5.11 Å². The number of nitrogens with zero attached hydrogens (tertiary/aromatic N) is 1. The number of aliphatic carboxylic acids is 1. The van der Waals surface area contributed by atoms with E-state index in [0.29, 0.717) is 13.0 Å². The van der Waals surface area contributed by atoms with Crippen molar-refractivity contribution in [3.8, 4) is 0 Å². The fourth-order valence-corrected chi connectivity index (χ4v) is 2.51. The third-order valence-corrected chi connectivity index (χ3v) is 3.55. The Morgan fingerprint density at radius 3 is 2.58 bits per heavy atom. The van der Waals surface area contributed by atoms with Gasteiger partial charge < -0.3 is 10.0 Å². The van der Waals surface area contributed by atoms with Crippen molar-refractivity contribution in [3.63, 3.8) is 0 Å². The van der Waals surface area contributed by atoms with E-state index in [1.54, 1.807) is 4.90 Å². The normalized spacial score (nSPS) is 19.1. The Morgan fingerprint density at radius 1 is 1.16 bits per heavy atom. The molecule has 4 nitrogen and oxygen atoms in total. The Morgan fingerprint density at radius 2 is 1.89 bits per heavy atom. The molecule has 0 aliphatic carbocycles. The Bertz CT molecular complexity index is 665. The molecule has 1 aliphatic rings. The molecule has 19 heavy (non-hydrogen) atoms. The van der Waals surface area contributed by atoms with Gasteiger partial charge in [-0.05, 0) is 29.3 Å². The van der Waals surface area contributed by atoms with Crippen LogP contribution in [0.15, 0.2) is 42.5 Å². The van der Waals surface area contributed by atoms with Gasteiger partial charge >= 0.3 is 5.97 Å². The third-order valence-electron chi connectivity index (χ3n) is 3.55. The van der Waals surface area contributed by atoms with Crippen molar-refractivity contribution in [2.75, 3.05) is 11.4 Å². The molecule has 0 radical (unpaired) electrons. The predicted molar refractivity (Wildman–Crippen MR) is 72.0 cm³/mol. The number of rotatable bonds is 2. The molecule has 1 saturated heterocycles. The van der Waals surface area contributed by atoms with Crippen LogP contribution in [0, 0.1) is 5.92 Å². The third kappa shape index (κ3) is 1.95. The van der Waals surface area contributed by atoms with Gasteiger partial charge in [0.2, 0.25) is 5.91 Å². The number of carbonyl (C=O) groups excluding carboxylic acids is 1. The van der Waals surface area contributed by atoms with E-state index in [-0.39, 0.29) is 5.91 Å². The van der Waals surface area contributed by atoms with Crippen LogP contribution in [0.5, 0.6) is 0 Å². The fraction of sp³-hybridized carbons (Fsp3) is 0.200. The maximum Gasteiger partial charge on any atom is 0.316 e. The van der Waals surface area contributed by atoms with Crippen molar-refractivity contribution >= 4 is 28.3 Å². The lowest BCUT2D eigenvalue weighted by molar-refractivity contribution is -0.144. The summed E-state index contributed by atoms with van der Waals surface area (Å²) in [5, 5.41) is 11.1. The minimum Gasteiger partial charge on any atom is -0.481 e. The molecule has 1 fully saturated rings. The molecule has 0 bridgehead atoms. The molecule has 0 saturated carbocycles. The lowest BCUT2D eigenvalue weighted by Gasteiger charge is -2.16. The molecule has 96 valence electrons. The zero-order valence-electron chi connectivity index (χ0n) is 10.2. The second kappa shape index (κ2) is 4.39. The number of carbonyl (C=O) groups is 2. The molecule has 0 spiro atoms. The molecular formula is C15H13NO3. The number of amides is 1. The van der Waals surface area contributed by atoms with Gasteiger partial charge in [-0.25, -0.2) is 0 Å². The number of hydrogen-bond acceptors (Lipinski definition) is 2. The van der Waals surface area contributed by atoms with Gasteiger partial charge in [0.1, 0.15) is 5.92 Å². The van der Waals surface area contributed by atoms with Crippen LogP contribution in [0.4, 0.5) is 5.69 Å². The molecule has 2 aromatic rings. The van der Waals surface area contributed by atoms with Gasteiger partial charge in [-0.3, -0.25) is 9.59 Å². The molecule has 1 aliphatic heterocycles. The first-order valence-corrected chi connectivity index (χ1v) is 6.20. The van der Waals surface area contributed by atoms with Crippen LogP contribution in [0.25, 0.3) is 10.8 Å². The van der Waals surface area contributed by atoms with Crippen LogP contribution in [0.3, 0.4) is 0 Å². The highest BCUT2D eigenvalue weighted by Gasteiger charge is 2.37. The zero-order valence-corrected chi connectivity index (χ0v) is 10.2. The molecule has 0 aromatic heterocycles. The van der Waals surface area contributed by atoms with Crippen LogP contribution in [-0.4, -0.2) is 23.5 Å². The average Bonchev–Trinajstić information content (AvgIpc) is 2.80. The number of anilines is 1. The number of carboxylic acid groups (broad SMARTS) is 1. The summed E-state index contributed by atoms with van der Waals surface area (Å²) in [6, 6.07) is 13.6. The van der Waals surface area contributed by atoms with Gasteiger partial charge in [-0.1, -0.05) is 30.3 Å². The van der Waals surface area contributed by atoms with Crippen molar-refractivity contribution in [2.45, 2.75) is 6.42 Å². The largest absolute Gasteiger partial charge is 0.481 e. The Labute approximate surface area is 110 Å². The van der Waals surface area contributed by atoms with Gasteiger partial charge in [0.25, 0.3) is 0 Å². The molecule has 1 atom stereocenters. The standard InChI is InChI=1S/C15H13NO3/c17-14-13(15(18)19)7-8-16(14)12-6-5-10-3-1-2-4-11(10)9-12/h1-6,9,13H,7-8H2,(H,18,19). The van der Waals surface area contributed by atoms with E-state index in [1.165, 1.54) is 0 Å². The van der Waals surface area contributed by atoms with Crippen molar-refractivity contribution < 1.29 is 14.7 Å². The smallest absolute Gasteiger partial charge is 0.316 e. The first kappa shape index (κ1) is 11.7. The van der Waals surface area contributed by atoms with Crippen molar-refractivity contribution in [1.82, 2.24) is 0 Å². The second-order valence-corrected chi connectivity index (χ2v) is 4.70. The summed E-state index contributed by atoms with van der Waals surface area (Å²) >= 11 is 0. The summed E-state index contributed by atoms with van der Waals surface area (Å²) in [5.41, 5.74) is 0.771. The Kier molecular flexibility index (Phi) is 2.71. The summed E-state index contributed by atoms with van der Waals surface area (Å²) < 4.78 is 0. The van der Waals surface area contributed by atoms with Crippen LogP contribution >= 0.6 is 0 Å². The van der Waals surface area contributed by atoms with Gasteiger partial charge in [0.15, 0.2) is 0 Å². The van der Waals surface area contributed by atoms with Gasteiger partial charge in [-0.15, -0.1) is 0 Å². The number of benzene rings is 2. The number of hydrogen-bond donors (Lipinski definition) is 1. The van der Waals surface area contributed by atoms with Gasteiger partial charge in [0, 0.05) is 12.2 Å². The van der Waals surface area contributed by atoms with Gasteiger partial charge in [-0.2, -0.15) is 0 Å². The van der Waals surface area contributed by atoms with Crippen molar-refractivity contribution in [1.29, 1.82) is 0 Å². The number of fused-ring (bicyclic) bond motifs is 1. The van der Waals surface area contributed by atoms with E-state index in [9.17, 15) is 9.59 Å². The average molecular weight is 255 g/mol. The second-order valence-electron chi connectivity index (χ2n) is 4.70. The highest BCUT2D eigenvalue weighted by molar-refractivity contribution is 6.08. The summed E-state index contributed by atoms with van der Waals surface area (Å²) in [5.74, 6) is -2.25. The van der Waals surface area contributed by atoms with E-state index in [2.05, 4.69) is 0 Å². The van der Waals surface area contributed by atoms with Gasteiger partial charge in [0.05, 0.1) is 0 Å². The van der Waals surface area contributed by atoms with Crippen LogP contribution < -0.4 is 4.90 Å². The van der Waals surface area contributed by atoms with E-state index >= 15 is 0 Å². The van der Waals surface area contributed by atoms with E-state index in [0.717, 1.165) is 16.5 Å².